The monoisotopic (exact) mass is 1070 g/mol. The van der Waals surface area contributed by atoms with Gasteiger partial charge in [0.1, 0.15) is 42.3 Å². The van der Waals surface area contributed by atoms with Gasteiger partial charge in [0.25, 0.3) is 0 Å². The molecule has 76 heavy (non-hydrogen) atoms. The number of primary amides is 1. The van der Waals surface area contributed by atoms with Crippen LogP contribution in [0.25, 0.3) is 10.9 Å². The minimum Gasteiger partial charge on any atom is -0.467 e. The highest BCUT2D eigenvalue weighted by Gasteiger charge is 2.35. The number of aromatic amines is 2. The van der Waals surface area contributed by atoms with Gasteiger partial charge in [0, 0.05) is 54.5 Å². The van der Waals surface area contributed by atoms with E-state index in [0.29, 0.717) is 22.2 Å². The molecule has 0 aliphatic heterocycles. The molecule has 414 valence electrons. The molecule has 0 radical (unpaired) electrons. The molecular weight excluding hydrogens is 1010 g/mol. The van der Waals surface area contributed by atoms with E-state index in [0.717, 1.165) is 0 Å². The number of carbonyl (C=O) groups is 9. The Morgan fingerprint density at radius 1 is 0.618 bits per heavy atom. The van der Waals surface area contributed by atoms with E-state index in [4.69, 9.17) is 16.2 Å². The highest BCUT2D eigenvalue weighted by atomic mass is 19.2. The first-order chi connectivity index (χ1) is 35.7. The summed E-state index contributed by atoms with van der Waals surface area (Å²) in [4.78, 5) is 130. The molecule has 0 saturated carbocycles. The maximum absolute atomic E-state index is 14.5. The summed E-state index contributed by atoms with van der Waals surface area (Å²) in [6.07, 6.45) is 1.97. The Labute approximate surface area is 432 Å². The molecule has 0 unspecified atom stereocenters. The van der Waals surface area contributed by atoms with E-state index >= 15 is 0 Å². The Morgan fingerprint density at radius 2 is 1.14 bits per heavy atom. The number of benzene rings is 2. The molecule has 0 aliphatic rings. The summed E-state index contributed by atoms with van der Waals surface area (Å²) in [6.45, 7) is 9.44. The van der Waals surface area contributed by atoms with Crippen molar-refractivity contribution in [3.63, 3.8) is 0 Å². The Bertz CT molecular complexity index is 2730. The van der Waals surface area contributed by atoms with Gasteiger partial charge in [-0.1, -0.05) is 45.9 Å². The molecule has 4 aromatic rings. The fraction of sp³-hybridized carbons (Fsp3) is 0.469. The smallest absolute Gasteiger partial charge is 0.328 e. The largest absolute Gasteiger partial charge is 0.467 e. The lowest BCUT2D eigenvalue weighted by Gasteiger charge is -2.27. The zero-order chi connectivity index (χ0) is 56.7. The highest BCUT2D eigenvalue weighted by Crippen LogP contribution is 2.24. The minimum atomic E-state index is -2.44. The summed E-state index contributed by atoms with van der Waals surface area (Å²) in [5.74, 6) is -20.5. The Morgan fingerprint density at radius 3 is 1.72 bits per heavy atom. The predicted molar refractivity (Wildman–Crippen MR) is 262 cm³/mol. The molecular formula is C49H63F5N12O10. The van der Waals surface area contributed by atoms with Crippen molar-refractivity contribution in [2.75, 3.05) is 7.11 Å². The molecule has 0 aliphatic carbocycles. The predicted octanol–water partition coefficient (Wildman–Crippen LogP) is 0.516. The maximum Gasteiger partial charge on any atom is 0.328 e. The van der Waals surface area contributed by atoms with Crippen molar-refractivity contribution in [2.24, 2.45) is 23.3 Å². The van der Waals surface area contributed by atoms with Crippen LogP contribution in [0.15, 0.2) is 43.0 Å². The van der Waals surface area contributed by atoms with Gasteiger partial charge in [-0.15, -0.1) is 0 Å². The number of ether oxygens (including phenoxy) is 1. The van der Waals surface area contributed by atoms with E-state index in [-0.39, 0.29) is 25.2 Å². The van der Waals surface area contributed by atoms with Crippen LogP contribution >= 0.6 is 0 Å². The van der Waals surface area contributed by atoms with Gasteiger partial charge in [0.05, 0.1) is 25.2 Å². The number of carbonyl (C=O) groups excluding carboxylic acids is 9. The van der Waals surface area contributed by atoms with Gasteiger partial charge < -0.3 is 63.4 Å². The van der Waals surface area contributed by atoms with Gasteiger partial charge in [0.15, 0.2) is 23.3 Å². The van der Waals surface area contributed by atoms with Crippen molar-refractivity contribution >= 4 is 64.1 Å². The van der Waals surface area contributed by atoms with Crippen LogP contribution in [0.4, 0.5) is 22.0 Å². The Balaban J connectivity index is 1.50. The summed E-state index contributed by atoms with van der Waals surface area (Å²) in [7, 11) is 1.17. The number of imidazole rings is 1. The van der Waals surface area contributed by atoms with Crippen LogP contribution in [0, 0.1) is 40.9 Å². The van der Waals surface area contributed by atoms with E-state index in [1.54, 1.807) is 44.3 Å². The lowest BCUT2D eigenvalue weighted by Crippen LogP contribution is -2.60. The summed E-state index contributed by atoms with van der Waals surface area (Å²) in [5.41, 5.74) is 11.2. The minimum absolute atomic E-state index is 0.0231. The molecule has 0 fully saturated rings. The molecule has 4 rings (SSSR count). The van der Waals surface area contributed by atoms with Crippen molar-refractivity contribution in [2.45, 2.75) is 128 Å². The number of aromatic nitrogens is 3. The third-order valence-corrected chi connectivity index (χ3v) is 12.0. The average molecular weight is 1080 g/mol. The summed E-state index contributed by atoms with van der Waals surface area (Å²) < 4.78 is 75.3. The van der Waals surface area contributed by atoms with E-state index < -0.39 is 161 Å². The van der Waals surface area contributed by atoms with E-state index in [9.17, 15) is 65.1 Å². The highest BCUT2D eigenvalue weighted by molar-refractivity contribution is 5.98. The number of amides is 8. The van der Waals surface area contributed by atoms with Gasteiger partial charge in [-0.3, -0.25) is 38.4 Å². The van der Waals surface area contributed by atoms with Gasteiger partial charge in [-0.2, -0.15) is 0 Å². The van der Waals surface area contributed by atoms with Crippen molar-refractivity contribution in [3.8, 4) is 0 Å². The second-order valence-corrected chi connectivity index (χ2v) is 18.8. The number of hydrogen-bond acceptors (Lipinski definition) is 12. The van der Waals surface area contributed by atoms with Crippen LogP contribution in [0.3, 0.4) is 0 Å². The van der Waals surface area contributed by atoms with Crippen LogP contribution in [0.2, 0.25) is 0 Å². The Hall–Kier alpha value is -7.97. The first-order valence-electron chi connectivity index (χ1n) is 24.0. The SMILES string of the molecule is COC(=O)[C@H](CC(C)C)NC(=O)[C@H](Cc1c[nH]cn1)NC(=O)[C@@H](C)NC(=O)[C@@H](NC(=O)[C@H](C)NC(=O)[C@H](Cc1c[nH]c2ccccc12)NC(=O)[C@H](CCC(N)=O)NC(=O)[C@H](N)Cc1c(F)c(F)c(F)c(F)c1F)C(C)C. The zero-order valence-corrected chi connectivity index (χ0v) is 42.6. The lowest BCUT2D eigenvalue weighted by atomic mass is 10.0. The number of para-hydroxylation sites is 1. The van der Waals surface area contributed by atoms with E-state index in [1.807, 2.05) is 13.8 Å². The van der Waals surface area contributed by atoms with Crippen LogP contribution in [-0.4, -0.2) is 124 Å². The van der Waals surface area contributed by atoms with Crippen molar-refractivity contribution < 1.29 is 69.8 Å². The van der Waals surface area contributed by atoms with Gasteiger partial charge in [-0.25, -0.2) is 31.7 Å². The first-order valence-corrected chi connectivity index (χ1v) is 24.0. The number of methoxy groups -OCH3 is 1. The van der Waals surface area contributed by atoms with Gasteiger partial charge in [0.2, 0.25) is 53.1 Å². The fourth-order valence-corrected chi connectivity index (χ4v) is 7.76. The maximum atomic E-state index is 14.5. The standard InChI is InChI=1S/C49H63F5N12O10/c1-21(2)14-34(49(75)76-7)65-47(73)33(16-26-19-57-20-59-26)63-42(68)23(5)61-48(74)41(22(3)4)66-43(69)24(6)60-46(72)32(15-25-18-58-30-11-9-8-10-27(25)30)64-45(71)31(12-13-35(56)67)62-44(70)29(55)17-28-36(50)38(52)40(54)39(53)37(28)51/h8-11,18-24,29,31-34,41,58H,12-17,55H2,1-7H3,(H2,56,67)(H,57,59)(H,60,72)(H,61,74)(H,62,70)(H,63,68)(H,64,71)(H,65,73)(H,66,69)/t23-,24+,29-,31+,32+,33+,34+,41+/m1/s1. The quantitative estimate of drug-likeness (QED) is 0.0169. The van der Waals surface area contributed by atoms with Gasteiger partial charge >= 0.3 is 5.97 Å². The number of nitrogens with two attached hydrogens (primary N) is 2. The number of halogens is 5. The van der Waals surface area contributed by atoms with Crippen molar-refractivity contribution in [1.82, 2.24) is 52.2 Å². The number of hydrogen-bond donors (Lipinski definition) is 11. The number of rotatable bonds is 27. The molecule has 2 aromatic carbocycles. The molecule has 8 amide bonds. The molecule has 2 aromatic heterocycles. The van der Waals surface area contributed by atoms with Crippen LogP contribution in [0.5, 0.6) is 0 Å². The molecule has 27 heteroatoms. The second-order valence-electron chi connectivity index (χ2n) is 18.8. The van der Waals surface area contributed by atoms with Crippen LogP contribution in [0.1, 0.15) is 77.6 Å². The molecule has 2 heterocycles. The third-order valence-electron chi connectivity index (χ3n) is 12.0. The van der Waals surface area contributed by atoms with Crippen molar-refractivity contribution in [3.05, 3.63) is 88.9 Å². The lowest BCUT2D eigenvalue weighted by molar-refractivity contribution is -0.146. The van der Waals surface area contributed by atoms with Crippen molar-refractivity contribution in [1.29, 1.82) is 0 Å². The second kappa shape index (κ2) is 27.5. The first kappa shape index (κ1) is 60.6. The van der Waals surface area contributed by atoms with E-state index in [1.165, 1.54) is 33.5 Å². The fourth-order valence-electron chi connectivity index (χ4n) is 7.76. The molecule has 13 N–H and O–H groups in total. The molecule has 0 spiro atoms. The molecule has 0 saturated heterocycles. The number of nitrogens with one attached hydrogen (secondary N) is 9. The number of fused-ring (bicyclic) bond motifs is 1. The number of H-pyrrole nitrogens is 2. The Kier molecular flexibility index (Phi) is 21.9. The summed E-state index contributed by atoms with van der Waals surface area (Å²) in [6, 6.07) is -4.82. The summed E-state index contributed by atoms with van der Waals surface area (Å²) >= 11 is 0. The average Bonchev–Trinajstić information content (AvgIpc) is 4.05. The van der Waals surface area contributed by atoms with Crippen LogP contribution in [-0.2, 0) is 67.2 Å². The molecule has 0 bridgehead atoms. The van der Waals surface area contributed by atoms with Crippen LogP contribution < -0.4 is 48.7 Å². The normalized spacial score (nSPS) is 14.5. The summed E-state index contributed by atoms with van der Waals surface area (Å²) in [5, 5.41) is 18.0. The number of esters is 1. The van der Waals surface area contributed by atoms with E-state index in [2.05, 4.69) is 52.2 Å². The van der Waals surface area contributed by atoms with Gasteiger partial charge in [-0.05, 0) is 50.2 Å². The molecule has 8 atom stereocenters. The molecule has 22 nitrogen and oxygen atoms in total. The number of nitrogens with zero attached hydrogens (tertiary/aromatic N) is 1. The topological polar surface area (TPSA) is 344 Å². The third kappa shape index (κ3) is 16.5. The zero-order valence-electron chi connectivity index (χ0n) is 42.6.